The molecule has 0 N–H and O–H groups in total. The molecule has 0 spiro atoms. The standard InChI is InChI=1S/C14H12BrClO3S/c1-10-3-2-4-11(7-10)9-19-13-6-5-12(15)8-14(13)20(16,17)18/h2-8H,9H2,1H3. The van der Waals surface area contributed by atoms with Crippen LogP contribution in [0.3, 0.4) is 0 Å². The first-order chi connectivity index (χ1) is 9.36. The summed E-state index contributed by atoms with van der Waals surface area (Å²) < 4.78 is 29.3. The highest BCUT2D eigenvalue weighted by Crippen LogP contribution is 2.30. The molecule has 0 saturated carbocycles. The van der Waals surface area contributed by atoms with E-state index in [1.165, 1.54) is 6.07 Å². The number of halogens is 2. The third-order valence-corrected chi connectivity index (χ3v) is 4.48. The quantitative estimate of drug-likeness (QED) is 0.750. The smallest absolute Gasteiger partial charge is 0.265 e. The van der Waals surface area contributed by atoms with Crippen LogP contribution in [0.25, 0.3) is 0 Å². The number of rotatable bonds is 4. The van der Waals surface area contributed by atoms with Crippen molar-refractivity contribution in [2.24, 2.45) is 0 Å². The van der Waals surface area contributed by atoms with Gasteiger partial charge in [-0.25, -0.2) is 8.42 Å². The molecule has 2 aromatic carbocycles. The van der Waals surface area contributed by atoms with Crippen LogP contribution in [0.2, 0.25) is 0 Å². The first-order valence-electron chi connectivity index (χ1n) is 5.79. The highest BCUT2D eigenvalue weighted by molar-refractivity contribution is 9.10. The van der Waals surface area contributed by atoms with Crippen molar-refractivity contribution >= 4 is 35.7 Å². The molecule has 3 nitrogen and oxygen atoms in total. The fourth-order valence-electron chi connectivity index (χ4n) is 1.75. The Hall–Kier alpha value is -1.04. The van der Waals surface area contributed by atoms with E-state index in [0.717, 1.165) is 11.1 Å². The van der Waals surface area contributed by atoms with Gasteiger partial charge in [0, 0.05) is 15.2 Å². The van der Waals surface area contributed by atoms with Gasteiger partial charge in [-0.15, -0.1) is 0 Å². The molecule has 0 atom stereocenters. The summed E-state index contributed by atoms with van der Waals surface area (Å²) in [7, 11) is 1.56. The Bertz CT molecular complexity index is 729. The fourth-order valence-corrected chi connectivity index (χ4v) is 3.26. The van der Waals surface area contributed by atoms with Crippen LogP contribution in [0, 0.1) is 6.92 Å². The Balaban J connectivity index is 2.26. The van der Waals surface area contributed by atoms with Crippen molar-refractivity contribution in [1.82, 2.24) is 0 Å². The average Bonchev–Trinajstić information content (AvgIpc) is 2.36. The van der Waals surface area contributed by atoms with Crippen molar-refractivity contribution in [3.63, 3.8) is 0 Å². The van der Waals surface area contributed by atoms with E-state index in [9.17, 15) is 8.42 Å². The minimum atomic E-state index is -3.85. The summed E-state index contributed by atoms with van der Waals surface area (Å²) in [4.78, 5) is -0.0406. The van der Waals surface area contributed by atoms with Gasteiger partial charge in [-0.1, -0.05) is 45.8 Å². The van der Waals surface area contributed by atoms with Gasteiger partial charge in [-0.2, -0.15) is 0 Å². The number of ether oxygens (including phenoxy) is 1. The lowest BCUT2D eigenvalue weighted by Crippen LogP contribution is -2.01. The monoisotopic (exact) mass is 374 g/mol. The molecule has 6 heteroatoms. The van der Waals surface area contributed by atoms with E-state index in [1.807, 2.05) is 31.2 Å². The maximum Gasteiger partial charge on any atom is 0.265 e. The highest BCUT2D eigenvalue weighted by Gasteiger charge is 2.17. The second kappa shape index (κ2) is 6.16. The molecule has 0 aliphatic carbocycles. The largest absolute Gasteiger partial charge is 0.487 e. The van der Waals surface area contributed by atoms with Crippen molar-refractivity contribution in [3.8, 4) is 5.75 Å². The summed E-state index contributed by atoms with van der Waals surface area (Å²) in [6, 6.07) is 12.5. The normalized spacial score (nSPS) is 11.3. The van der Waals surface area contributed by atoms with Gasteiger partial charge in [0.2, 0.25) is 0 Å². The molecule has 0 fully saturated rings. The fraction of sp³-hybridized carbons (Fsp3) is 0.143. The third-order valence-electron chi connectivity index (χ3n) is 2.65. The van der Waals surface area contributed by atoms with Crippen LogP contribution in [0.1, 0.15) is 11.1 Å². The van der Waals surface area contributed by atoms with Crippen molar-refractivity contribution < 1.29 is 13.2 Å². The first kappa shape index (κ1) is 15.4. The van der Waals surface area contributed by atoms with Gasteiger partial charge in [0.15, 0.2) is 0 Å². The van der Waals surface area contributed by atoms with E-state index >= 15 is 0 Å². The van der Waals surface area contributed by atoms with Crippen LogP contribution in [-0.2, 0) is 15.7 Å². The van der Waals surface area contributed by atoms with Crippen LogP contribution in [0.15, 0.2) is 51.8 Å². The van der Waals surface area contributed by atoms with E-state index in [4.69, 9.17) is 15.4 Å². The predicted octanol–water partition coefficient (Wildman–Crippen LogP) is 4.26. The van der Waals surface area contributed by atoms with E-state index in [2.05, 4.69) is 15.9 Å². The third kappa shape index (κ3) is 3.98. The molecule has 20 heavy (non-hydrogen) atoms. The van der Waals surface area contributed by atoms with Gasteiger partial charge in [-0.3, -0.25) is 0 Å². The van der Waals surface area contributed by atoms with Crippen LogP contribution in [-0.4, -0.2) is 8.42 Å². The molecule has 0 aliphatic heterocycles. The second-order valence-electron chi connectivity index (χ2n) is 4.31. The number of hydrogen-bond donors (Lipinski definition) is 0. The van der Waals surface area contributed by atoms with Crippen LogP contribution in [0.4, 0.5) is 0 Å². The topological polar surface area (TPSA) is 43.4 Å². The molecular formula is C14H12BrClO3S. The Morgan fingerprint density at radius 1 is 1.20 bits per heavy atom. The molecule has 106 valence electrons. The van der Waals surface area contributed by atoms with E-state index in [1.54, 1.807) is 12.1 Å². The average molecular weight is 376 g/mol. The van der Waals surface area contributed by atoms with Crippen LogP contribution >= 0.6 is 26.6 Å². The summed E-state index contributed by atoms with van der Waals surface area (Å²) in [5.41, 5.74) is 2.08. The molecule has 0 bridgehead atoms. The molecular weight excluding hydrogens is 364 g/mol. The van der Waals surface area contributed by atoms with Gasteiger partial charge in [0.05, 0.1) is 0 Å². The zero-order chi connectivity index (χ0) is 14.8. The Morgan fingerprint density at radius 3 is 2.60 bits per heavy atom. The molecule has 0 heterocycles. The highest BCUT2D eigenvalue weighted by atomic mass is 79.9. The number of aryl methyl sites for hydroxylation is 1. The second-order valence-corrected chi connectivity index (χ2v) is 7.76. The zero-order valence-electron chi connectivity index (χ0n) is 10.6. The minimum absolute atomic E-state index is 0.0406. The molecule has 2 aromatic rings. The summed E-state index contributed by atoms with van der Waals surface area (Å²) in [5.74, 6) is 0.240. The van der Waals surface area contributed by atoms with Gasteiger partial charge in [-0.05, 0) is 30.7 Å². The maximum atomic E-state index is 11.5. The van der Waals surface area contributed by atoms with Crippen molar-refractivity contribution in [3.05, 3.63) is 58.1 Å². The predicted molar refractivity (Wildman–Crippen MR) is 82.7 cm³/mol. The number of hydrogen-bond acceptors (Lipinski definition) is 3. The summed E-state index contributed by atoms with van der Waals surface area (Å²) in [5, 5.41) is 0. The molecule has 0 radical (unpaired) electrons. The molecule has 0 amide bonds. The lowest BCUT2D eigenvalue weighted by molar-refractivity contribution is 0.298. The Morgan fingerprint density at radius 2 is 1.95 bits per heavy atom. The van der Waals surface area contributed by atoms with E-state index in [0.29, 0.717) is 4.47 Å². The van der Waals surface area contributed by atoms with Gasteiger partial charge < -0.3 is 4.74 Å². The van der Waals surface area contributed by atoms with Crippen LogP contribution < -0.4 is 4.74 Å². The van der Waals surface area contributed by atoms with Crippen molar-refractivity contribution in [2.75, 3.05) is 0 Å². The van der Waals surface area contributed by atoms with E-state index < -0.39 is 9.05 Å². The molecule has 0 aliphatic rings. The first-order valence-corrected chi connectivity index (χ1v) is 8.89. The SMILES string of the molecule is Cc1cccc(COc2ccc(Br)cc2S(=O)(=O)Cl)c1. The lowest BCUT2D eigenvalue weighted by Gasteiger charge is -2.10. The van der Waals surface area contributed by atoms with Crippen LogP contribution in [0.5, 0.6) is 5.75 Å². The Kier molecular flexibility index (Phi) is 4.73. The minimum Gasteiger partial charge on any atom is -0.487 e. The number of benzene rings is 2. The van der Waals surface area contributed by atoms with Gasteiger partial charge in [0.1, 0.15) is 17.3 Å². The molecule has 0 aromatic heterocycles. The molecule has 2 rings (SSSR count). The maximum absolute atomic E-state index is 11.5. The van der Waals surface area contributed by atoms with E-state index in [-0.39, 0.29) is 17.3 Å². The van der Waals surface area contributed by atoms with Gasteiger partial charge in [0.25, 0.3) is 9.05 Å². The van der Waals surface area contributed by atoms with Gasteiger partial charge >= 0.3 is 0 Å². The zero-order valence-corrected chi connectivity index (χ0v) is 13.8. The summed E-state index contributed by atoms with van der Waals surface area (Å²) in [6.07, 6.45) is 0. The van der Waals surface area contributed by atoms with Crippen molar-refractivity contribution in [1.29, 1.82) is 0 Å². The van der Waals surface area contributed by atoms with Crippen molar-refractivity contribution in [2.45, 2.75) is 18.4 Å². The lowest BCUT2D eigenvalue weighted by atomic mass is 10.1. The molecule has 0 saturated heterocycles. The summed E-state index contributed by atoms with van der Waals surface area (Å²) in [6.45, 7) is 2.26. The molecule has 0 unspecified atom stereocenters. The summed E-state index contributed by atoms with van der Waals surface area (Å²) >= 11 is 3.22. The Labute approximate surface area is 131 Å².